The molecular weight excluding hydrogens is 174 g/mol. The fourth-order valence-electron chi connectivity index (χ4n) is 1.39. The summed E-state index contributed by atoms with van der Waals surface area (Å²) in [4.78, 5) is 13.9. The number of H-pyrrole nitrogens is 1. The predicted octanol–water partition coefficient (Wildman–Crippen LogP) is 2.77. The van der Waals surface area contributed by atoms with Crippen molar-refractivity contribution in [2.45, 2.75) is 6.92 Å². The zero-order chi connectivity index (χ0) is 9.97. The van der Waals surface area contributed by atoms with Crippen molar-refractivity contribution in [3.63, 3.8) is 0 Å². The topological polar surface area (TPSA) is 32.9 Å². The molecule has 0 fully saturated rings. The van der Waals surface area contributed by atoms with Crippen LogP contribution >= 0.6 is 0 Å². The van der Waals surface area contributed by atoms with E-state index in [9.17, 15) is 4.79 Å². The summed E-state index contributed by atoms with van der Waals surface area (Å²) in [5, 5.41) is 1.16. The highest BCUT2D eigenvalue weighted by Crippen LogP contribution is 2.15. The number of aromatic amines is 1. The standard InChI is InChI=1S/C12H11NO/c1-9(14)6-7-11-8-10-4-2-3-5-12(10)13-11/h2-8,13H,1H3/b7-6+. The Labute approximate surface area is 82.3 Å². The Balaban J connectivity index is 2.40. The van der Waals surface area contributed by atoms with E-state index >= 15 is 0 Å². The molecule has 0 amide bonds. The van der Waals surface area contributed by atoms with Crippen molar-refractivity contribution in [3.05, 3.63) is 42.1 Å². The van der Waals surface area contributed by atoms with Crippen LogP contribution in [0.1, 0.15) is 12.6 Å². The zero-order valence-corrected chi connectivity index (χ0v) is 7.95. The molecule has 1 N–H and O–H groups in total. The van der Waals surface area contributed by atoms with Crippen molar-refractivity contribution in [2.24, 2.45) is 0 Å². The maximum absolute atomic E-state index is 10.7. The van der Waals surface area contributed by atoms with E-state index in [0.29, 0.717) is 0 Å². The van der Waals surface area contributed by atoms with Gasteiger partial charge in [0.25, 0.3) is 0 Å². The van der Waals surface area contributed by atoms with Crippen LogP contribution < -0.4 is 0 Å². The molecule has 70 valence electrons. The van der Waals surface area contributed by atoms with Crippen LogP contribution in [0.4, 0.5) is 0 Å². The van der Waals surface area contributed by atoms with Crippen molar-refractivity contribution in [2.75, 3.05) is 0 Å². The molecule has 2 nitrogen and oxygen atoms in total. The van der Waals surface area contributed by atoms with Crippen molar-refractivity contribution < 1.29 is 4.79 Å². The Hall–Kier alpha value is -1.83. The van der Waals surface area contributed by atoms with Gasteiger partial charge in [-0.3, -0.25) is 4.79 Å². The van der Waals surface area contributed by atoms with Crippen LogP contribution in [0, 0.1) is 0 Å². The van der Waals surface area contributed by atoms with Crippen LogP contribution in [0.5, 0.6) is 0 Å². The van der Waals surface area contributed by atoms with Crippen LogP contribution in [-0.2, 0) is 4.79 Å². The van der Waals surface area contributed by atoms with Gasteiger partial charge in [0.2, 0.25) is 0 Å². The van der Waals surface area contributed by atoms with Crippen LogP contribution in [0.2, 0.25) is 0 Å². The lowest BCUT2D eigenvalue weighted by atomic mass is 10.2. The summed E-state index contributed by atoms with van der Waals surface area (Å²) in [6.45, 7) is 1.54. The number of hydrogen-bond acceptors (Lipinski definition) is 1. The monoisotopic (exact) mass is 185 g/mol. The zero-order valence-electron chi connectivity index (χ0n) is 7.95. The second kappa shape index (κ2) is 3.50. The van der Waals surface area contributed by atoms with Crippen LogP contribution in [0.15, 0.2) is 36.4 Å². The van der Waals surface area contributed by atoms with Gasteiger partial charge in [-0.2, -0.15) is 0 Å². The largest absolute Gasteiger partial charge is 0.355 e. The molecule has 0 bridgehead atoms. The van der Waals surface area contributed by atoms with Gasteiger partial charge in [-0.1, -0.05) is 18.2 Å². The number of benzene rings is 1. The number of fused-ring (bicyclic) bond motifs is 1. The van der Waals surface area contributed by atoms with E-state index in [1.54, 1.807) is 19.1 Å². The van der Waals surface area contributed by atoms with Gasteiger partial charge in [0.1, 0.15) is 0 Å². The van der Waals surface area contributed by atoms with E-state index in [-0.39, 0.29) is 5.78 Å². The molecule has 2 heteroatoms. The minimum absolute atomic E-state index is 0.0589. The molecule has 0 saturated heterocycles. The van der Waals surface area contributed by atoms with E-state index in [1.165, 1.54) is 0 Å². The van der Waals surface area contributed by atoms with E-state index in [2.05, 4.69) is 4.98 Å². The number of carbonyl (C=O) groups is 1. The lowest BCUT2D eigenvalue weighted by Crippen LogP contribution is -1.79. The number of rotatable bonds is 2. The first kappa shape index (κ1) is 8.75. The Morgan fingerprint density at radius 3 is 2.86 bits per heavy atom. The first-order valence-corrected chi connectivity index (χ1v) is 4.52. The SMILES string of the molecule is CC(=O)/C=C/c1cc2ccccc2[nH]1. The molecule has 2 aromatic rings. The summed E-state index contributed by atoms with van der Waals surface area (Å²) >= 11 is 0. The number of para-hydroxylation sites is 1. The van der Waals surface area contributed by atoms with Gasteiger partial charge < -0.3 is 4.98 Å². The lowest BCUT2D eigenvalue weighted by molar-refractivity contribution is -0.112. The summed E-state index contributed by atoms with van der Waals surface area (Å²) in [5.41, 5.74) is 2.05. The van der Waals surface area contributed by atoms with Gasteiger partial charge in [-0.15, -0.1) is 0 Å². The highest BCUT2D eigenvalue weighted by Gasteiger charge is 1.95. The molecule has 0 aliphatic rings. The van der Waals surface area contributed by atoms with Gasteiger partial charge >= 0.3 is 0 Å². The highest BCUT2D eigenvalue weighted by molar-refractivity contribution is 5.92. The van der Waals surface area contributed by atoms with E-state index in [1.807, 2.05) is 30.3 Å². The number of allylic oxidation sites excluding steroid dienone is 1. The molecule has 0 radical (unpaired) electrons. The third kappa shape index (κ3) is 1.74. The molecule has 1 aromatic carbocycles. The smallest absolute Gasteiger partial charge is 0.152 e. The number of hydrogen-bond donors (Lipinski definition) is 1. The molecule has 14 heavy (non-hydrogen) atoms. The second-order valence-corrected chi connectivity index (χ2v) is 3.26. The summed E-state index contributed by atoms with van der Waals surface area (Å²) in [7, 11) is 0. The predicted molar refractivity (Wildman–Crippen MR) is 58.0 cm³/mol. The van der Waals surface area contributed by atoms with E-state index in [0.717, 1.165) is 16.6 Å². The Morgan fingerprint density at radius 1 is 1.36 bits per heavy atom. The first-order valence-electron chi connectivity index (χ1n) is 4.52. The Kier molecular flexibility index (Phi) is 2.19. The van der Waals surface area contributed by atoms with E-state index < -0.39 is 0 Å². The number of nitrogens with one attached hydrogen (secondary N) is 1. The average molecular weight is 185 g/mol. The van der Waals surface area contributed by atoms with Crippen LogP contribution in [0.25, 0.3) is 17.0 Å². The summed E-state index contributed by atoms with van der Waals surface area (Å²) in [5.74, 6) is 0.0589. The summed E-state index contributed by atoms with van der Waals surface area (Å²) in [6.07, 6.45) is 3.35. The van der Waals surface area contributed by atoms with Gasteiger partial charge in [0, 0.05) is 11.2 Å². The lowest BCUT2D eigenvalue weighted by Gasteiger charge is -1.84. The summed E-state index contributed by atoms with van der Waals surface area (Å²) in [6, 6.07) is 10.1. The van der Waals surface area contributed by atoms with Crippen LogP contribution in [-0.4, -0.2) is 10.8 Å². The molecule has 0 aliphatic carbocycles. The summed E-state index contributed by atoms with van der Waals surface area (Å²) < 4.78 is 0. The molecule has 0 spiro atoms. The third-order valence-electron chi connectivity index (χ3n) is 2.05. The fourth-order valence-corrected chi connectivity index (χ4v) is 1.39. The quantitative estimate of drug-likeness (QED) is 0.717. The molecule has 0 unspecified atom stereocenters. The van der Waals surface area contributed by atoms with Crippen molar-refractivity contribution >= 4 is 22.8 Å². The number of carbonyl (C=O) groups excluding carboxylic acids is 1. The van der Waals surface area contributed by atoms with Crippen LogP contribution in [0.3, 0.4) is 0 Å². The highest BCUT2D eigenvalue weighted by atomic mass is 16.1. The second-order valence-electron chi connectivity index (χ2n) is 3.26. The molecular formula is C12H11NO. The van der Waals surface area contributed by atoms with Gasteiger partial charge in [0.15, 0.2) is 5.78 Å². The molecule has 2 rings (SSSR count). The first-order chi connectivity index (χ1) is 6.75. The molecule has 0 saturated carbocycles. The van der Waals surface area contributed by atoms with Crippen molar-refractivity contribution in [1.29, 1.82) is 0 Å². The minimum atomic E-state index is 0.0589. The third-order valence-corrected chi connectivity index (χ3v) is 2.05. The van der Waals surface area contributed by atoms with Crippen molar-refractivity contribution in [1.82, 2.24) is 4.98 Å². The normalized spacial score (nSPS) is 11.2. The molecule has 0 atom stereocenters. The maximum Gasteiger partial charge on any atom is 0.152 e. The van der Waals surface area contributed by atoms with Gasteiger partial charge in [-0.25, -0.2) is 0 Å². The molecule has 0 aliphatic heterocycles. The molecule has 1 heterocycles. The average Bonchev–Trinajstić information content (AvgIpc) is 2.57. The van der Waals surface area contributed by atoms with Gasteiger partial charge in [-0.05, 0) is 36.6 Å². The van der Waals surface area contributed by atoms with E-state index in [4.69, 9.17) is 0 Å². The Bertz CT molecular complexity index is 461. The maximum atomic E-state index is 10.7. The number of aromatic nitrogens is 1. The minimum Gasteiger partial charge on any atom is -0.355 e. The van der Waals surface area contributed by atoms with Crippen molar-refractivity contribution in [3.8, 4) is 0 Å². The fraction of sp³-hybridized carbons (Fsp3) is 0.0833. The Morgan fingerprint density at radius 2 is 2.14 bits per heavy atom. The van der Waals surface area contributed by atoms with Gasteiger partial charge in [0.05, 0.1) is 0 Å². The molecule has 1 aromatic heterocycles. The number of ketones is 1.